The Kier molecular flexibility index (Phi) is 5.83. The number of carbonyl (C=O) groups excluding carboxylic acids is 2. The summed E-state index contributed by atoms with van der Waals surface area (Å²) in [7, 11) is 3.08. The normalized spacial score (nSPS) is 9.95. The zero-order chi connectivity index (χ0) is 15.1. The number of ether oxygens (including phenoxy) is 2. The molecule has 0 saturated carbocycles. The van der Waals surface area contributed by atoms with Crippen LogP contribution in [0.5, 0.6) is 11.5 Å². The Labute approximate surface area is 118 Å². The molecule has 0 atom stereocenters. The van der Waals surface area contributed by atoms with Crippen LogP contribution in [-0.2, 0) is 4.79 Å². The molecule has 1 aromatic rings. The van der Waals surface area contributed by atoms with Crippen molar-refractivity contribution in [1.82, 2.24) is 5.32 Å². The fourth-order valence-electron chi connectivity index (χ4n) is 1.69. The number of Topliss-reactive ketones (excluding diaryl/α,β-unsaturated/α-hetero) is 1. The maximum Gasteiger partial charge on any atom is 0.219 e. The van der Waals surface area contributed by atoms with Crippen molar-refractivity contribution in [1.29, 1.82) is 0 Å². The van der Waals surface area contributed by atoms with Crippen molar-refractivity contribution in [3.63, 3.8) is 0 Å². The number of nitrogen functional groups attached to an aromatic ring is 1. The second-order valence-electron chi connectivity index (χ2n) is 4.27. The van der Waals surface area contributed by atoms with Crippen LogP contribution >= 0.6 is 0 Å². The molecule has 1 aromatic carbocycles. The van der Waals surface area contributed by atoms with Crippen LogP contribution in [0.4, 0.5) is 5.69 Å². The summed E-state index contributed by atoms with van der Waals surface area (Å²) in [6, 6.07) is 3.13. The minimum Gasteiger partial charge on any atom is -0.493 e. The van der Waals surface area contributed by atoms with Gasteiger partial charge in [-0.25, -0.2) is 0 Å². The summed E-state index contributed by atoms with van der Waals surface area (Å²) in [5.74, 6) is 0.746. The van der Waals surface area contributed by atoms with Crippen LogP contribution in [0, 0.1) is 0 Å². The van der Waals surface area contributed by atoms with Gasteiger partial charge in [0.2, 0.25) is 5.91 Å². The molecule has 0 bridgehead atoms. The second-order valence-corrected chi connectivity index (χ2v) is 4.27. The van der Waals surface area contributed by atoms with E-state index in [2.05, 4.69) is 5.32 Å². The molecule has 0 fully saturated rings. The van der Waals surface area contributed by atoms with Gasteiger partial charge in [0.15, 0.2) is 17.3 Å². The van der Waals surface area contributed by atoms with Gasteiger partial charge in [0.1, 0.15) is 0 Å². The lowest BCUT2D eigenvalue weighted by Gasteiger charge is -2.13. The Morgan fingerprint density at radius 1 is 1.30 bits per heavy atom. The lowest BCUT2D eigenvalue weighted by molar-refractivity contribution is -0.120. The van der Waals surface area contributed by atoms with Crippen LogP contribution in [-0.4, -0.2) is 32.5 Å². The average Bonchev–Trinajstić information content (AvgIpc) is 2.42. The van der Waals surface area contributed by atoms with E-state index in [9.17, 15) is 9.59 Å². The van der Waals surface area contributed by atoms with Crippen LogP contribution in [0.2, 0.25) is 0 Å². The third-order valence-corrected chi connectivity index (χ3v) is 2.80. The summed E-state index contributed by atoms with van der Waals surface area (Å²) in [6.45, 7) is 1.80. The summed E-state index contributed by atoms with van der Waals surface area (Å²) < 4.78 is 10.7. The smallest absolute Gasteiger partial charge is 0.219 e. The van der Waals surface area contributed by atoms with E-state index in [0.29, 0.717) is 42.2 Å². The molecule has 1 rings (SSSR count). The van der Waals surface area contributed by atoms with E-state index in [4.69, 9.17) is 15.2 Å². The molecular formula is C14H20N2O4. The third-order valence-electron chi connectivity index (χ3n) is 2.80. The number of benzene rings is 1. The van der Waals surface area contributed by atoms with Gasteiger partial charge in [-0.15, -0.1) is 0 Å². The number of nitrogens with one attached hydrogen (secondary N) is 1. The predicted molar refractivity (Wildman–Crippen MR) is 76.2 cm³/mol. The summed E-state index contributed by atoms with van der Waals surface area (Å²) in [4.78, 5) is 22.5. The molecule has 6 nitrogen and oxygen atoms in total. The highest BCUT2D eigenvalue weighted by atomic mass is 16.5. The summed E-state index contributed by atoms with van der Waals surface area (Å²) in [5, 5.41) is 2.54. The first-order valence-electron chi connectivity index (χ1n) is 6.31. The van der Waals surface area contributed by atoms with E-state index < -0.39 is 0 Å². The maximum absolute atomic E-state index is 11.4. The third kappa shape index (κ3) is 4.15. The highest BCUT2D eigenvalue weighted by Crippen LogP contribution is 2.32. The van der Waals surface area contributed by atoms with Crippen LogP contribution < -0.4 is 20.5 Å². The minimum absolute atomic E-state index is 0.0352. The molecule has 0 saturated heterocycles. The maximum atomic E-state index is 11.4. The Bertz CT molecular complexity index is 500. The van der Waals surface area contributed by atoms with Gasteiger partial charge in [-0.05, 0) is 19.4 Å². The first kappa shape index (κ1) is 15.8. The fourth-order valence-corrected chi connectivity index (χ4v) is 1.69. The lowest BCUT2D eigenvalue weighted by atomic mass is 10.1. The number of amides is 1. The van der Waals surface area contributed by atoms with Gasteiger partial charge in [0.05, 0.1) is 13.7 Å². The fraction of sp³-hybridized carbons (Fsp3) is 0.429. The van der Waals surface area contributed by atoms with Gasteiger partial charge in [-0.1, -0.05) is 0 Å². The highest BCUT2D eigenvalue weighted by Gasteiger charge is 2.12. The summed E-state index contributed by atoms with van der Waals surface area (Å²) in [6.07, 6.45) is 0.969. The second kappa shape index (κ2) is 7.37. The van der Waals surface area contributed by atoms with E-state index in [1.807, 2.05) is 0 Å². The van der Waals surface area contributed by atoms with Crippen LogP contribution in [0.1, 0.15) is 30.1 Å². The quantitative estimate of drug-likeness (QED) is 0.447. The number of hydrogen-bond donors (Lipinski definition) is 2. The van der Waals surface area contributed by atoms with Gasteiger partial charge in [-0.2, -0.15) is 0 Å². The molecule has 0 heterocycles. The predicted octanol–water partition coefficient (Wildman–Crippen LogP) is 1.39. The molecule has 110 valence electrons. The van der Waals surface area contributed by atoms with Gasteiger partial charge < -0.3 is 20.5 Å². The molecule has 20 heavy (non-hydrogen) atoms. The van der Waals surface area contributed by atoms with Crippen molar-refractivity contribution >= 4 is 17.4 Å². The summed E-state index contributed by atoms with van der Waals surface area (Å²) in [5.41, 5.74) is 6.55. The lowest BCUT2D eigenvalue weighted by Crippen LogP contribution is -2.18. The summed E-state index contributed by atoms with van der Waals surface area (Å²) >= 11 is 0. The van der Waals surface area contributed by atoms with E-state index in [1.165, 1.54) is 14.0 Å². The molecule has 0 unspecified atom stereocenters. The average molecular weight is 280 g/mol. The van der Waals surface area contributed by atoms with Crippen molar-refractivity contribution in [3.8, 4) is 11.5 Å². The number of rotatable bonds is 7. The van der Waals surface area contributed by atoms with E-state index in [0.717, 1.165) is 0 Å². The number of ketones is 1. The Morgan fingerprint density at radius 2 is 2.00 bits per heavy atom. The van der Waals surface area contributed by atoms with Crippen LogP contribution in [0.15, 0.2) is 12.1 Å². The van der Waals surface area contributed by atoms with Crippen molar-refractivity contribution < 1.29 is 19.1 Å². The van der Waals surface area contributed by atoms with E-state index in [-0.39, 0.29) is 11.7 Å². The van der Waals surface area contributed by atoms with Crippen molar-refractivity contribution in [2.75, 3.05) is 26.5 Å². The van der Waals surface area contributed by atoms with E-state index >= 15 is 0 Å². The molecule has 6 heteroatoms. The zero-order valence-corrected chi connectivity index (χ0v) is 12.0. The van der Waals surface area contributed by atoms with Gasteiger partial charge in [-0.3, -0.25) is 9.59 Å². The van der Waals surface area contributed by atoms with Crippen molar-refractivity contribution in [2.24, 2.45) is 0 Å². The van der Waals surface area contributed by atoms with Crippen LogP contribution in [0.25, 0.3) is 0 Å². The highest BCUT2D eigenvalue weighted by molar-refractivity contribution is 5.99. The molecule has 0 aliphatic heterocycles. The standard InChI is InChI=1S/C14H20N2O4/c1-9(17)10-7-12(19-3)13(8-11(10)15)20-6-4-5-14(18)16-2/h7-8H,4-6,15H2,1-3H3,(H,16,18). The Balaban J connectivity index is 2.72. The van der Waals surface area contributed by atoms with E-state index in [1.54, 1.807) is 19.2 Å². The molecule has 1 amide bonds. The first-order valence-corrected chi connectivity index (χ1v) is 6.31. The largest absolute Gasteiger partial charge is 0.493 e. The number of carbonyl (C=O) groups is 2. The van der Waals surface area contributed by atoms with Gasteiger partial charge >= 0.3 is 0 Å². The van der Waals surface area contributed by atoms with Gasteiger partial charge in [0.25, 0.3) is 0 Å². The molecule has 0 aliphatic rings. The zero-order valence-electron chi connectivity index (χ0n) is 12.0. The Hall–Kier alpha value is -2.24. The monoisotopic (exact) mass is 280 g/mol. The Morgan fingerprint density at radius 3 is 2.55 bits per heavy atom. The SMILES string of the molecule is CNC(=O)CCCOc1cc(N)c(C(C)=O)cc1OC. The van der Waals surface area contributed by atoms with Crippen molar-refractivity contribution in [3.05, 3.63) is 17.7 Å². The van der Waals surface area contributed by atoms with Crippen LogP contribution in [0.3, 0.4) is 0 Å². The molecule has 0 spiro atoms. The molecular weight excluding hydrogens is 260 g/mol. The van der Waals surface area contributed by atoms with Crippen molar-refractivity contribution in [2.45, 2.75) is 19.8 Å². The molecule has 3 N–H and O–H groups in total. The number of nitrogens with two attached hydrogens (primary N) is 1. The minimum atomic E-state index is -0.132. The number of methoxy groups -OCH3 is 1. The van der Waals surface area contributed by atoms with Gasteiger partial charge in [0, 0.05) is 30.8 Å². The molecule has 0 radical (unpaired) electrons. The molecule has 0 aromatic heterocycles. The number of hydrogen-bond acceptors (Lipinski definition) is 5. The first-order chi connectivity index (χ1) is 9.49. The molecule has 0 aliphatic carbocycles. The number of anilines is 1. The topological polar surface area (TPSA) is 90.6 Å².